The van der Waals surface area contributed by atoms with Gasteiger partial charge in [-0.3, -0.25) is 4.79 Å². The molecule has 0 fully saturated rings. The van der Waals surface area contributed by atoms with Gasteiger partial charge in [0.1, 0.15) is 11.8 Å². The normalized spacial score (nSPS) is 11.5. The first-order valence-electron chi connectivity index (χ1n) is 3.86. The molecule has 0 heterocycles. The molecule has 0 aliphatic rings. The second-order valence-electron chi connectivity index (χ2n) is 2.82. The van der Waals surface area contributed by atoms with Crippen molar-refractivity contribution in [2.45, 2.75) is 12.5 Å². The number of hydrogen-bond donors (Lipinski definition) is 3. The maximum atomic E-state index is 10.4. The molecule has 4 N–H and O–H groups in total. The molecule has 5 heteroatoms. The van der Waals surface area contributed by atoms with Crippen LogP contribution in [0.4, 0.5) is 0 Å². The summed E-state index contributed by atoms with van der Waals surface area (Å²) in [5.74, 6) is -0.860. The number of nitrogens with two attached hydrogens (primary N) is 1. The van der Waals surface area contributed by atoms with E-state index in [1.807, 2.05) is 0 Å². The standard InChI is InChI=1S/C9H11NO3.Ba.2H/c10-8(9(12)13)5-6-1-3-7(11)4-2-6;;;/h1-4,8,11H,5,10H2,(H,12,13);;;/t8-;;;/m0.../s1. The molecule has 0 saturated carbocycles. The van der Waals surface area contributed by atoms with Crippen LogP contribution in [0.15, 0.2) is 24.3 Å². The Bertz CT molecular complexity index is 299. The van der Waals surface area contributed by atoms with Gasteiger partial charge < -0.3 is 15.9 Å². The number of carboxylic acid groups (broad SMARTS) is 1. The first kappa shape index (κ1) is 14.0. The molecule has 0 aromatic heterocycles. The molecule has 0 bridgehead atoms. The van der Waals surface area contributed by atoms with Gasteiger partial charge in [-0.2, -0.15) is 0 Å². The van der Waals surface area contributed by atoms with E-state index in [9.17, 15) is 4.79 Å². The fraction of sp³-hybridized carbons (Fsp3) is 0.222. The molecule has 0 amide bonds. The quantitative estimate of drug-likeness (QED) is 0.651. The first-order chi connectivity index (χ1) is 6.09. The molecule has 4 nitrogen and oxygen atoms in total. The molecule has 1 aromatic rings. The van der Waals surface area contributed by atoms with Crippen LogP contribution in [-0.4, -0.2) is 71.1 Å². The average Bonchev–Trinajstić information content (AvgIpc) is 2.08. The summed E-state index contributed by atoms with van der Waals surface area (Å²) in [7, 11) is 0. The number of aliphatic carboxylic acids is 1. The van der Waals surface area contributed by atoms with E-state index in [1.54, 1.807) is 12.1 Å². The predicted molar refractivity (Wildman–Crippen MR) is 56.0 cm³/mol. The minimum atomic E-state index is -1.02. The van der Waals surface area contributed by atoms with Crippen molar-refractivity contribution in [2.75, 3.05) is 0 Å². The van der Waals surface area contributed by atoms with Crippen molar-refractivity contribution in [1.82, 2.24) is 0 Å². The van der Waals surface area contributed by atoms with Crippen molar-refractivity contribution in [3.8, 4) is 5.75 Å². The van der Waals surface area contributed by atoms with Crippen LogP contribution in [0.1, 0.15) is 5.56 Å². The van der Waals surface area contributed by atoms with Gasteiger partial charge in [0, 0.05) is 0 Å². The molecule has 0 unspecified atom stereocenters. The molecule has 1 atom stereocenters. The Hall–Kier alpha value is 0.0214. The number of carbonyl (C=O) groups is 1. The van der Waals surface area contributed by atoms with Gasteiger partial charge in [0.25, 0.3) is 0 Å². The van der Waals surface area contributed by atoms with Gasteiger partial charge in [-0.05, 0) is 24.1 Å². The van der Waals surface area contributed by atoms with Crippen LogP contribution < -0.4 is 5.73 Å². The zero-order valence-electron chi connectivity index (χ0n) is 6.97. The van der Waals surface area contributed by atoms with Crippen molar-refractivity contribution in [3.05, 3.63) is 29.8 Å². The van der Waals surface area contributed by atoms with E-state index in [2.05, 4.69) is 0 Å². The molecule has 0 aliphatic heterocycles. The number of phenolic OH excluding ortho intramolecular Hbond substituents is 1. The second-order valence-corrected chi connectivity index (χ2v) is 2.82. The Morgan fingerprint density at radius 3 is 2.29 bits per heavy atom. The molecule has 0 aliphatic carbocycles. The molecule has 74 valence electrons. The van der Waals surface area contributed by atoms with E-state index in [4.69, 9.17) is 15.9 Å². The van der Waals surface area contributed by atoms with E-state index in [0.717, 1.165) is 5.56 Å². The van der Waals surface area contributed by atoms with Gasteiger partial charge in [0.05, 0.1) is 0 Å². The molecular weight excluding hydrogens is 307 g/mol. The number of carboxylic acids is 1. The molecule has 1 aromatic carbocycles. The van der Waals surface area contributed by atoms with Gasteiger partial charge in [-0.15, -0.1) is 0 Å². The average molecular weight is 321 g/mol. The second kappa shape index (κ2) is 6.49. The summed E-state index contributed by atoms with van der Waals surface area (Å²) >= 11 is 0. The van der Waals surface area contributed by atoms with E-state index in [0.29, 0.717) is 0 Å². The van der Waals surface area contributed by atoms with E-state index in [-0.39, 0.29) is 61.1 Å². The summed E-state index contributed by atoms with van der Waals surface area (Å²) < 4.78 is 0. The van der Waals surface area contributed by atoms with E-state index in [1.165, 1.54) is 12.1 Å². The van der Waals surface area contributed by atoms with Crippen molar-refractivity contribution in [1.29, 1.82) is 0 Å². The van der Waals surface area contributed by atoms with E-state index < -0.39 is 12.0 Å². The fourth-order valence-electron chi connectivity index (χ4n) is 0.973. The number of benzene rings is 1. The topological polar surface area (TPSA) is 83.5 Å². The van der Waals surface area contributed by atoms with Crippen molar-refractivity contribution >= 4 is 54.9 Å². The summed E-state index contributed by atoms with van der Waals surface area (Å²) in [6.07, 6.45) is 0.273. The van der Waals surface area contributed by atoms with Crippen LogP contribution in [0.5, 0.6) is 5.75 Å². The maximum absolute atomic E-state index is 10.4. The van der Waals surface area contributed by atoms with Gasteiger partial charge in [-0.25, -0.2) is 0 Å². The Kier molecular flexibility index (Phi) is 6.50. The minimum absolute atomic E-state index is 0. The Morgan fingerprint density at radius 1 is 1.36 bits per heavy atom. The SMILES string of the molecule is N[C@@H](Cc1ccc(O)cc1)C(=O)O.[BaH2]. The van der Waals surface area contributed by atoms with Crippen LogP contribution in [0.3, 0.4) is 0 Å². The molecule has 14 heavy (non-hydrogen) atoms. The molecule has 0 spiro atoms. The first-order valence-corrected chi connectivity index (χ1v) is 3.86. The van der Waals surface area contributed by atoms with Crippen LogP contribution in [0, 0.1) is 0 Å². The van der Waals surface area contributed by atoms with Gasteiger partial charge in [0.2, 0.25) is 0 Å². The number of rotatable bonds is 3. The predicted octanol–water partition coefficient (Wildman–Crippen LogP) is -0.570. The van der Waals surface area contributed by atoms with Crippen LogP contribution in [0.25, 0.3) is 0 Å². The number of phenols is 1. The summed E-state index contributed by atoms with van der Waals surface area (Å²) in [5.41, 5.74) is 6.12. The zero-order chi connectivity index (χ0) is 9.84. The Morgan fingerprint density at radius 2 is 1.86 bits per heavy atom. The molecule has 1 rings (SSSR count). The van der Waals surface area contributed by atoms with Gasteiger partial charge in [0.15, 0.2) is 0 Å². The summed E-state index contributed by atoms with van der Waals surface area (Å²) in [5, 5.41) is 17.5. The van der Waals surface area contributed by atoms with Gasteiger partial charge >= 0.3 is 54.9 Å². The third-order valence-corrected chi connectivity index (χ3v) is 1.71. The van der Waals surface area contributed by atoms with Crippen molar-refractivity contribution < 1.29 is 15.0 Å². The van der Waals surface area contributed by atoms with Crippen molar-refractivity contribution in [3.63, 3.8) is 0 Å². The molecule has 0 saturated heterocycles. The number of hydrogen-bond acceptors (Lipinski definition) is 3. The number of aromatic hydroxyl groups is 1. The Labute approximate surface area is 122 Å². The third kappa shape index (κ3) is 4.50. The van der Waals surface area contributed by atoms with Crippen LogP contribution in [0.2, 0.25) is 0 Å². The fourth-order valence-corrected chi connectivity index (χ4v) is 0.973. The summed E-state index contributed by atoms with van der Waals surface area (Å²) in [6.45, 7) is 0. The molecule has 0 radical (unpaired) electrons. The third-order valence-electron chi connectivity index (χ3n) is 1.71. The van der Waals surface area contributed by atoms with Crippen molar-refractivity contribution in [2.24, 2.45) is 5.73 Å². The van der Waals surface area contributed by atoms with Gasteiger partial charge in [-0.1, -0.05) is 12.1 Å². The summed E-state index contributed by atoms with van der Waals surface area (Å²) in [4.78, 5) is 10.4. The van der Waals surface area contributed by atoms with E-state index >= 15 is 0 Å². The van der Waals surface area contributed by atoms with Crippen LogP contribution in [-0.2, 0) is 11.2 Å². The Balaban J connectivity index is 0.00000169. The summed E-state index contributed by atoms with van der Waals surface area (Å²) in [6, 6.07) is 5.42. The van der Waals surface area contributed by atoms with Crippen LogP contribution >= 0.6 is 0 Å². The monoisotopic (exact) mass is 321 g/mol. The molecular formula is C9H13BaNO3. The zero-order valence-corrected chi connectivity index (χ0v) is 6.97.